The molecule has 4 aromatic heterocycles. The van der Waals surface area contributed by atoms with Gasteiger partial charge in [-0.05, 0) is 99.9 Å². The number of aromatic carboxylic acids is 1. The van der Waals surface area contributed by atoms with Crippen molar-refractivity contribution in [2.75, 3.05) is 20.9 Å². The largest absolute Gasteiger partial charge is 0.477 e. The fraction of sp³-hybridized carbons (Fsp3) is 0.348. The number of anilines is 4. The van der Waals surface area contributed by atoms with E-state index in [0.29, 0.717) is 24.0 Å². The van der Waals surface area contributed by atoms with Crippen LogP contribution in [0.4, 0.5) is 75.7 Å². The number of H-pyrrole nitrogens is 2. The minimum atomic E-state index is -4.92. The number of hydrogen-bond acceptors (Lipinski definition) is 9. The molecule has 26 heteroatoms. The van der Waals surface area contributed by atoms with Crippen LogP contribution in [-0.2, 0) is 24.7 Å². The molecule has 6 N–H and O–H groups in total. The zero-order valence-electron chi connectivity index (χ0n) is 36.8. The highest BCUT2D eigenvalue weighted by atomic mass is 35.5. The van der Waals surface area contributed by atoms with Crippen molar-refractivity contribution in [3.63, 3.8) is 0 Å². The van der Waals surface area contributed by atoms with Gasteiger partial charge in [0.05, 0.1) is 33.3 Å². The molecule has 2 aromatic carbocycles. The van der Waals surface area contributed by atoms with Crippen molar-refractivity contribution >= 4 is 69.1 Å². The van der Waals surface area contributed by atoms with Gasteiger partial charge in [-0.25, -0.2) is 14.8 Å². The number of rotatable bonds is 5. The van der Waals surface area contributed by atoms with Gasteiger partial charge in [0.25, 0.3) is 5.91 Å². The van der Waals surface area contributed by atoms with Crippen LogP contribution in [0.25, 0.3) is 21.8 Å². The van der Waals surface area contributed by atoms with E-state index in [4.69, 9.17) is 10.8 Å². The first-order valence-corrected chi connectivity index (χ1v) is 21.7. The molecule has 6 aromatic rings. The van der Waals surface area contributed by atoms with E-state index < -0.39 is 97.5 Å². The number of nitrogens with one attached hydrogen (secondary N) is 3. The van der Waals surface area contributed by atoms with Gasteiger partial charge in [-0.2, -0.15) is 52.7 Å². The molecule has 8 heterocycles. The minimum Gasteiger partial charge on any atom is -0.477 e. The van der Waals surface area contributed by atoms with Gasteiger partial charge in [-0.3, -0.25) is 14.4 Å². The Balaban J connectivity index is 0.000000173. The first-order chi connectivity index (χ1) is 33.2. The Morgan fingerprint density at radius 2 is 0.958 bits per heavy atom. The minimum absolute atomic E-state index is 0. The van der Waals surface area contributed by atoms with Crippen LogP contribution in [0.2, 0.25) is 0 Å². The summed E-state index contributed by atoms with van der Waals surface area (Å²) >= 11 is 0. The van der Waals surface area contributed by atoms with Crippen LogP contribution in [0.1, 0.15) is 94.6 Å². The van der Waals surface area contributed by atoms with E-state index in [1.54, 1.807) is 6.07 Å². The summed E-state index contributed by atoms with van der Waals surface area (Å²) in [6.45, 7) is 0. The number of carbonyl (C=O) groups excluding carboxylic acids is 1. The second kappa shape index (κ2) is 19.5. The van der Waals surface area contributed by atoms with Gasteiger partial charge in [0.1, 0.15) is 22.8 Å². The van der Waals surface area contributed by atoms with Gasteiger partial charge in [0.2, 0.25) is 10.9 Å². The number of amides is 1. The Kier molecular flexibility index (Phi) is 14.3. The molecule has 4 aliphatic heterocycles. The lowest BCUT2D eigenvalue weighted by molar-refractivity contribution is -0.141. The smallest absolute Gasteiger partial charge is 0.435 e. The lowest BCUT2D eigenvalue weighted by Gasteiger charge is -2.25. The van der Waals surface area contributed by atoms with Crippen molar-refractivity contribution < 1.29 is 67.4 Å². The first-order valence-electron chi connectivity index (χ1n) is 21.7. The summed E-state index contributed by atoms with van der Waals surface area (Å²) in [5.41, 5.74) is -4.46. The lowest BCUT2D eigenvalue weighted by atomic mass is 10.0. The third-order valence-electron chi connectivity index (χ3n) is 12.9. The highest BCUT2D eigenvalue weighted by molar-refractivity contribution is 6.06. The summed E-state index contributed by atoms with van der Waals surface area (Å²) < 4.78 is 158. The molecule has 4 saturated heterocycles. The molecule has 72 heavy (non-hydrogen) atoms. The van der Waals surface area contributed by atoms with Crippen LogP contribution in [0.15, 0.2) is 82.6 Å². The quantitative estimate of drug-likeness (QED) is 0.104. The van der Waals surface area contributed by atoms with Gasteiger partial charge in [0.15, 0.2) is 11.4 Å². The molecule has 0 radical (unpaired) electrons. The second-order valence-corrected chi connectivity index (χ2v) is 17.2. The maximum absolute atomic E-state index is 13.8. The van der Waals surface area contributed by atoms with E-state index in [1.807, 2.05) is 15.1 Å². The first kappa shape index (κ1) is 52.8. The van der Waals surface area contributed by atoms with E-state index in [1.165, 1.54) is 24.3 Å². The number of carbonyl (C=O) groups is 2. The summed E-state index contributed by atoms with van der Waals surface area (Å²) in [5, 5.41) is 9.29. The normalized spacial score (nSPS) is 19.4. The molecule has 13 nitrogen and oxygen atoms in total. The van der Waals surface area contributed by atoms with Crippen molar-refractivity contribution in [3.8, 4) is 0 Å². The average molecular weight is 1050 g/mol. The van der Waals surface area contributed by atoms with Crippen LogP contribution in [-0.4, -0.2) is 61.1 Å². The van der Waals surface area contributed by atoms with E-state index in [0.717, 1.165) is 88.0 Å². The number of benzene rings is 2. The fourth-order valence-corrected chi connectivity index (χ4v) is 9.84. The Morgan fingerprint density at radius 1 is 0.569 bits per heavy atom. The number of aromatic amines is 2. The number of carboxylic acids is 1. The summed E-state index contributed by atoms with van der Waals surface area (Å²) in [6, 6.07) is 12.4. The van der Waals surface area contributed by atoms with Gasteiger partial charge >= 0.3 is 30.7 Å². The van der Waals surface area contributed by atoms with Crippen LogP contribution in [0, 0.1) is 0 Å². The van der Waals surface area contributed by atoms with E-state index in [9.17, 15) is 71.9 Å². The molecule has 384 valence electrons. The number of alkyl halides is 12. The molecule has 0 saturated carbocycles. The molecule has 0 unspecified atom stereocenters. The molecule has 4 fully saturated rings. The number of nitrogens with zero attached hydrogens (tertiary/aromatic N) is 4. The number of aromatic nitrogens is 4. The maximum atomic E-state index is 13.8. The maximum Gasteiger partial charge on any atom is 0.435 e. The molecule has 4 bridgehead atoms. The highest BCUT2D eigenvalue weighted by Gasteiger charge is 2.44. The molecule has 0 aliphatic carbocycles. The number of nitrogens with two attached hydrogens (primary N) is 1. The molecule has 4 aliphatic rings. The predicted octanol–water partition coefficient (Wildman–Crippen LogP) is 10.8. The monoisotopic (exact) mass is 1050 g/mol. The molecule has 10 rings (SSSR count). The number of hydrogen-bond donors (Lipinski definition) is 5. The highest BCUT2D eigenvalue weighted by Crippen LogP contribution is 2.44. The number of fused-ring (bicyclic) bond motifs is 6. The standard InChI is InChI=1S/C23H18F6N4O2.C12H14F3N3.C11H6F3NO3.ClH/c24-22(25,26)14-2-1-3-15-18(14)19(34)13(10-30-15)21(35)31-16-8-9-17(32-20(16)23(27,28)29)33-11-4-5-12(33)7-6-11;13-12(14,15)11-9(16)5-6-10(17-11)18-7-1-2-8(18)4-3-7;12-11(13,14)6-2-1-3-7-8(6)9(16)5(4-15-7)10(17)18;/h1-3,8-12H,4-7H2,(H,30,34)(H,31,35);5-8H,1-4,16H2;1-4H,(H,15,16)(H,17,18);1H. The Morgan fingerprint density at radius 3 is 1.36 bits per heavy atom. The zero-order chi connectivity index (χ0) is 51.5. The van der Waals surface area contributed by atoms with Gasteiger partial charge < -0.3 is 35.9 Å². The lowest BCUT2D eigenvalue weighted by Crippen LogP contribution is -2.30. The van der Waals surface area contributed by atoms with Crippen LogP contribution < -0.4 is 31.7 Å². The number of nitrogen functional groups attached to an aromatic ring is 1. The predicted molar refractivity (Wildman–Crippen MR) is 241 cm³/mol. The van der Waals surface area contributed by atoms with E-state index in [-0.39, 0.29) is 47.0 Å². The van der Waals surface area contributed by atoms with Crippen molar-refractivity contribution in [1.29, 1.82) is 0 Å². The van der Waals surface area contributed by atoms with Crippen LogP contribution in [0.5, 0.6) is 0 Å². The van der Waals surface area contributed by atoms with Crippen molar-refractivity contribution in [3.05, 3.63) is 127 Å². The molecule has 1 amide bonds. The van der Waals surface area contributed by atoms with Crippen molar-refractivity contribution in [2.24, 2.45) is 0 Å². The second-order valence-electron chi connectivity index (χ2n) is 17.2. The summed E-state index contributed by atoms with van der Waals surface area (Å²) in [5.74, 6) is -2.29. The fourth-order valence-electron chi connectivity index (χ4n) is 9.84. The zero-order valence-corrected chi connectivity index (χ0v) is 37.6. The van der Waals surface area contributed by atoms with Gasteiger partial charge in [-0.15, -0.1) is 12.4 Å². The molecular formula is C46H39ClF12N8O5. The van der Waals surface area contributed by atoms with Crippen LogP contribution in [0.3, 0.4) is 0 Å². The number of carboxylic acid groups (broad SMARTS) is 1. The SMILES string of the molecule is Cl.Nc1ccc(N2C3CCC2CC3)nc1C(F)(F)F.O=C(Nc1ccc(N2C3CCC2CC3)nc1C(F)(F)F)c1c[nH]c2cccc(C(F)(F)F)c2c1=O.O=C(O)c1c[nH]c2cccc(C(F)(F)F)c2c1=O. The van der Waals surface area contributed by atoms with Gasteiger partial charge in [-0.1, -0.05) is 12.1 Å². The molecule has 0 spiro atoms. The van der Waals surface area contributed by atoms with E-state index in [2.05, 4.69) is 19.9 Å². The van der Waals surface area contributed by atoms with Crippen molar-refractivity contribution in [2.45, 2.75) is 100 Å². The summed E-state index contributed by atoms with van der Waals surface area (Å²) in [7, 11) is 0. The third-order valence-corrected chi connectivity index (χ3v) is 12.9. The Hall–Kier alpha value is -7.05. The number of pyridine rings is 4. The van der Waals surface area contributed by atoms with Crippen LogP contribution >= 0.6 is 12.4 Å². The van der Waals surface area contributed by atoms with Crippen molar-refractivity contribution in [1.82, 2.24) is 19.9 Å². The molecule has 0 atom stereocenters. The summed E-state index contributed by atoms with van der Waals surface area (Å²) in [4.78, 5) is 64.3. The Bertz CT molecular complexity index is 3140. The molecular weight excluding hydrogens is 1010 g/mol. The Labute approximate surface area is 403 Å². The third kappa shape index (κ3) is 10.3. The van der Waals surface area contributed by atoms with E-state index >= 15 is 0 Å². The summed E-state index contributed by atoms with van der Waals surface area (Å²) in [6.07, 6.45) is -9.54. The topological polar surface area (TPSA) is 190 Å². The average Bonchev–Trinajstić information content (AvgIpc) is 4.11. The van der Waals surface area contributed by atoms with Gasteiger partial charge in [0, 0.05) is 47.6 Å². The number of halogens is 13.